The molecule has 2 rings (SSSR count). The van der Waals surface area contributed by atoms with Crippen LogP contribution in [0.1, 0.15) is 16.1 Å². The normalized spacial score (nSPS) is 10.4. The molecule has 0 aliphatic heterocycles. The van der Waals surface area contributed by atoms with E-state index < -0.39 is 0 Å². The monoisotopic (exact) mass is 369 g/mol. The van der Waals surface area contributed by atoms with Gasteiger partial charge in [-0.15, -0.1) is 0 Å². The van der Waals surface area contributed by atoms with Gasteiger partial charge in [0.05, 0.1) is 22.8 Å². The van der Waals surface area contributed by atoms with Crippen molar-refractivity contribution in [1.29, 1.82) is 0 Å². The molecule has 2 aromatic rings. The zero-order chi connectivity index (χ0) is 15.4. The fourth-order valence-corrected chi connectivity index (χ4v) is 2.32. The zero-order valence-electron chi connectivity index (χ0n) is 11.3. The Kier molecular flexibility index (Phi) is 5.14. The maximum absolute atomic E-state index is 12.0. The minimum atomic E-state index is -0.290. The van der Waals surface area contributed by atoms with Crippen molar-refractivity contribution in [1.82, 2.24) is 15.1 Å². The number of hydrogen-bond acceptors (Lipinski definition) is 3. The molecule has 0 atom stereocenters. The number of hydrogen-bond donors (Lipinski definition) is 1. The number of nitrogens with one attached hydrogen (secondary N) is 1. The molecule has 110 valence electrons. The molecule has 5 nitrogen and oxygen atoms in total. The summed E-state index contributed by atoms with van der Waals surface area (Å²) < 4.78 is 2.09. The summed E-state index contributed by atoms with van der Waals surface area (Å²) in [7, 11) is 0. The number of amides is 1. The Hall–Kier alpha value is -1.66. The highest BCUT2D eigenvalue weighted by Gasteiger charge is 2.10. The van der Waals surface area contributed by atoms with E-state index in [2.05, 4.69) is 26.3 Å². The van der Waals surface area contributed by atoms with Gasteiger partial charge in [-0.25, -0.2) is 4.68 Å². The van der Waals surface area contributed by atoms with Crippen LogP contribution in [0.5, 0.6) is 0 Å². The first-order valence-electron chi connectivity index (χ1n) is 6.25. The summed E-state index contributed by atoms with van der Waals surface area (Å²) in [5, 5.41) is 7.19. The van der Waals surface area contributed by atoms with Gasteiger partial charge < -0.3 is 5.32 Å². The van der Waals surface area contributed by atoms with Crippen LogP contribution in [0.25, 0.3) is 0 Å². The summed E-state index contributed by atoms with van der Waals surface area (Å²) in [6.07, 6.45) is 0. The molecule has 0 aliphatic rings. The number of carbonyl (C=O) groups excluding carboxylic acids is 1. The van der Waals surface area contributed by atoms with Gasteiger partial charge in [0.15, 0.2) is 0 Å². The van der Waals surface area contributed by atoms with Crippen molar-refractivity contribution in [2.24, 2.45) is 0 Å². The van der Waals surface area contributed by atoms with Gasteiger partial charge in [0.1, 0.15) is 0 Å². The fourth-order valence-electron chi connectivity index (χ4n) is 1.75. The molecule has 21 heavy (non-hydrogen) atoms. The van der Waals surface area contributed by atoms with Gasteiger partial charge >= 0.3 is 0 Å². The van der Waals surface area contributed by atoms with Crippen LogP contribution in [0.2, 0.25) is 5.02 Å². The Morgan fingerprint density at radius 3 is 2.90 bits per heavy atom. The summed E-state index contributed by atoms with van der Waals surface area (Å²) >= 11 is 9.28. The molecular weight excluding hydrogens is 358 g/mol. The Labute approximate surface area is 135 Å². The topological polar surface area (TPSA) is 64.0 Å². The molecular formula is C14H13BrClN3O2. The lowest BCUT2D eigenvalue weighted by atomic mass is 10.2. The van der Waals surface area contributed by atoms with E-state index in [1.807, 2.05) is 0 Å². The number of benzene rings is 1. The second kappa shape index (κ2) is 6.87. The Balaban J connectivity index is 2.00. The molecule has 0 bridgehead atoms. The average molecular weight is 371 g/mol. The highest BCUT2D eigenvalue weighted by atomic mass is 79.9. The fraction of sp³-hybridized carbons (Fsp3) is 0.214. The Bertz CT molecular complexity index is 730. The number of rotatable bonds is 4. The summed E-state index contributed by atoms with van der Waals surface area (Å²) in [5.74, 6) is -0.290. The van der Waals surface area contributed by atoms with Crippen LogP contribution in [-0.2, 0) is 6.54 Å². The van der Waals surface area contributed by atoms with Crippen molar-refractivity contribution < 1.29 is 4.79 Å². The van der Waals surface area contributed by atoms with Crippen molar-refractivity contribution >= 4 is 33.4 Å². The Morgan fingerprint density at radius 1 is 1.38 bits per heavy atom. The quantitative estimate of drug-likeness (QED) is 0.899. The van der Waals surface area contributed by atoms with E-state index in [0.717, 1.165) is 10.2 Å². The first kappa shape index (κ1) is 15.7. The van der Waals surface area contributed by atoms with Crippen LogP contribution in [0.15, 0.2) is 39.6 Å². The largest absolute Gasteiger partial charge is 0.350 e. The van der Waals surface area contributed by atoms with Gasteiger partial charge in [0, 0.05) is 17.1 Å². The van der Waals surface area contributed by atoms with Gasteiger partial charge in [-0.2, -0.15) is 5.10 Å². The predicted molar refractivity (Wildman–Crippen MR) is 84.7 cm³/mol. The smallest absolute Gasteiger partial charge is 0.266 e. The Morgan fingerprint density at radius 2 is 2.14 bits per heavy atom. The molecule has 0 unspecified atom stereocenters. The summed E-state index contributed by atoms with van der Waals surface area (Å²) in [6, 6.07) is 8.16. The molecule has 1 heterocycles. The molecule has 0 fully saturated rings. The lowest BCUT2D eigenvalue weighted by Gasteiger charge is -2.08. The molecule has 1 aromatic heterocycles. The van der Waals surface area contributed by atoms with Gasteiger partial charge in [-0.1, -0.05) is 27.5 Å². The zero-order valence-corrected chi connectivity index (χ0v) is 13.6. The lowest BCUT2D eigenvalue weighted by molar-refractivity contribution is 0.0952. The van der Waals surface area contributed by atoms with Crippen molar-refractivity contribution in [2.75, 3.05) is 6.54 Å². The van der Waals surface area contributed by atoms with Crippen LogP contribution in [0.4, 0.5) is 0 Å². The van der Waals surface area contributed by atoms with Crippen LogP contribution >= 0.6 is 27.5 Å². The number of aromatic nitrogens is 2. The third kappa shape index (κ3) is 4.15. The summed E-state index contributed by atoms with van der Waals surface area (Å²) in [4.78, 5) is 23.6. The van der Waals surface area contributed by atoms with E-state index in [4.69, 9.17) is 11.6 Å². The van der Waals surface area contributed by atoms with Crippen molar-refractivity contribution in [3.63, 3.8) is 0 Å². The van der Waals surface area contributed by atoms with E-state index in [1.54, 1.807) is 31.2 Å². The van der Waals surface area contributed by atoms with E-state index in [-0.39, 0.29) is 18.0 Å². The first-order valence-corrected chi connectivity index (χ1v) is 7.42. The molecule has 0 saturated carbocycles. The summed E-state index contributed by atoms with van der Waals surface area (Å²) in [6.45, 7) is 2.39. The van der Waals surface area contributed by atoms with E-state index in [0.29, 0.717) is 17.1 Å². The standard InChI is InChI=1S/C14H13BrClN3O2/c1-9-2-5-13(20)19(18-9)7-6-17-14(21)11-8-10(15)3-4-12(11)16/h2-5,8H,6-7H2,1H3,(H,17,21). The maximum atomic E-state index is 12.0. The first-order chi connectivity index (χ1) is 9.97. The van der Waals surface area contributed by atoms with Crippen molar-refractivity contribution in [2.45, 2.75) is 13.5 Å². The highest BCUT2D eigenvalue weighted by molar-refractivity contribution is 9.10. The van der Waals surface area contributed by atoms with Gasteiger partial charge in [-0.3, -0.25) is 9.59 Å². The summed E-state index contributed by atoms with van der Waals surface area (Å²) in [5.41, 5.74) is 0.932. The van der Waals surface area contributed by atoms with E-state index >= 15 is 0 Å². The molecule has 7 heteroatoms. The molecule has 1 aromatic carbocycles. The highest BCUT2D eigenvalue weighted by Crippen LogP contribution is 2.20. The number of aryl methyl sites for hydroxylation is 1. The maximum Gasteiger partial charge on any atom is 0.266 e. The number of carbonyl (C=O) groups is 1. The molecule has 0 aliphatic carbocycles. The van der Waals surface area contributed by atoms with Crippen LogP contribution in [-0.4, -0.2) is 22.2 Å². The van der Waals surface area contributed by atoms with Crippen molar-refractivity contribution in [3.8, 4) is 0 Å². The van der Waals surface area contributed by atoms with Crippen LogP contribution in [0.3, 0.4) is 0 Å². The van der Waals surface area contributed by atoms with E-state index in [9.17, 15) is 9.59 Å². The van der Waals surface area contributed by atoms with Gasteiger partial charge in [-0.05, 0) is 31.2 Å². The average Bonchev–Trinajstić information content (AvgIpc) is 2.45. The number of halogens is 2. The van der Waals surface area contributed by atoms with Crippen LogP contribution < -0.4 is 10.9 Å². The van der Waals surface area contributed by atoms with E-state index in [1.165, 1.54) is 10.7 Å². The predicted octanol–water partition coefficient (Wildman–Crippen LogP) is 2.40. The second-order valence-electron chi connectivity index (χ2n) is 4.42. The van der Waals surface area contributed by atoms with Crippen LogP contribution in [0, 0.1) is 6.92 Å². The number of nitrogens with zero attached hydrogens (tertiary/aromatic N) is 2. The third-order valence-corrected chi connectivity index (χ3v) is 3.60. The molecule has 0 spiro atoms. The van der Waals surface area contributed by atoms with Crippen molar-refractivity contribution in [3.05, 3.63) is 61.4 Å². The molecule has 1 N–H and O–H groups in total. The lowest BCUT2D eigenvalue weighted by Crippen LogP contribution is -2.32. The van der Waals surface area contributed by atoms with Gasteiger partial charge in [0.25, 0.3) is 11.5 Å². The minimum absolute atomic E-state index is 0.199. The molecule has 1 amide bonds. The van der Waals surface area contributed by atoms with Gasteiger partial charge in [0.2, 0.25) is 0 Å². The second-order valence-corrected chi connectivity index (χ2v) is 5.74. The minimum Gasteiger partial charge on any atom is -0.350 e. The third-order valence-electron chi connectivity index (χ3n) is 2.78. The molecule has 0 saturated heterocycles. The molecule has 0 radical (unpaired) electrons. The SMILES string of the molecule is Cc1ccc(=O)n(CCNC(=O)c2cc(Br)ccc2Cl)n1.